The second kappa shape index (κ2) is 6.38. The van der Waals surface area contributed by atoms with Crippen LogP contribution in [0.15, 0.2) is 12.1 Å². The second-order valence-electron chi connectivity index (χ2n) is 5.92. The van der Waals surface area contributed by atoms with E-state index in [0.717, 1.165) is 24.2 Å². The Labute approximate surface area is 130 Å². The molecule has 0 bridgehead atoms. The fraction of sp³-hybridized carbons (Fsp3) is 0.529. The average molecular weight is 302 g/mol. The number of amides is 1. The van der Waals surface area contributed by atoms with Crippen LogP contribution >= 0.6 is 0 Å². The number of benzene rings is 1. The number of anilines is 2. The SMILES string of the molecule is COC(=O)CCCN1C(=O)CNc2cc3c(cc21)CCCC3. The zero-order valence-electron chi connectivity index (χ0n) is 13.0. The molecule has 1 heterocycles. The highest BCUT2D eigenvalue weighted by molar-refractivity contribution is 6.03. The van der Waals surface area contributed by atoms with Crippen LogP contribution in [-0.2, 0) is 27.2 Å². The fourth-order valence-corrected chi connectivity index (χ4v) is 3.27. The molecule has 1 aromatic carbocycles. The molecule has 1 N–H and O–H groups in total. The molecule has 0 unspecified atom stereocenters. The van der Waals surface area contributed by atoms with E-state index in [1.54, 1.807) is 0 Å². The Morgan fingerprint density at radius 3 is 2.73 bits per heavy atom. The molecule has 5 heteroatoms. The van der Waals surface area contributed by atoms with Gasteiger partial charge in [0.25, 0.3) is 0 Å². The number of nitrogens with zero attached hydrogens (tertiary/aromatic N) is 1. The maximum Gasteiger partial charge on any atom is 0.305 e. The molecule has 0 saturated heterocycles. The van der Waals surface area contributed by atoms with Gasteiger partial charge in [-0.15, -0.1) is 0 Å². The number of hydrogen-bond donors (Lipinski definition) is 1. The van der Waals surface area contributed by atoms with E-state index in [1.807, 2.05) is 4.90 Å². The van der Waals surface area contributed by atoms with E-state index in [-0.39, 0.29) is 11.9 Å². The first kappa shape index (κ1) is 14.9. The van der Waals surface area contributed by atoms with Gasteiger partial charge in [-0.2, -0.15) is 0 Å². The summed E-state index contributed by atoms with van der Waals surface area (Å²) in [5.74, 6) is -0.165. The molecule has 1 amide bonds. The van der Waals surface area contributed by atoms with E-state index < -0.39 is 0 Å². The molecule has 1 aliphatic carbocycles. The predicted octanol–water partition coefficient (Wildman–Crippen LogP) is 2.28. The highest BCUT2D eigenvalue weighted by atomic mass is 16.5. The lowest BCUT2D eigenvalue weighted by Gasteiger charge is -2.32. The van der Waals surface area contributed by atoms with Crippen molar-refractivity contribution in [2.45, 2.75) is 38.5 Å². The lowest BCUT2D eigenvalue weighted by atomic mass is 9.90. The van der Waals surface area contributed by atoms with Gasteiger partial charge in [-0.3, -0.25) is 9.59 Å². The minimum absolute atomic E-state index is 0.0631. The number of rotatable bonds is 4. The molecular formula is C17H22N2O3. The normalized spacial score (nSPS) is 16.6. The highest BCUT2D eigenvalue weighted by Gasteiger charge is 2.25. The van der Waals surface area contributed by atoms with Gasteiger partial charge in [-0.1, -0.05) is 0 Å². The van der Waals surface area contributed by atoms with Crippen LogP contribution in [0.4, 0.5) is 11.4 Å². The largest absolute Gasteiger partial charge is 0.469 e. The van der Waals surface area contributed by atoms with Crippen LogP contribution < -0.4 is 10.2 Å². The molecule has 0 fully saturated rings. The lowest BCUT2D eigenvalue weighted by molar-refractivity contribution is -0.140. The van der Waals surface area contributed by atoms with Crippen molar-refractivity contribution in [1.29, 1.82) is 0 Å². The monoisotopic (exact) mass is 302 g/mol. The molecule has 5 nitrogen and oxygen atoms in total. The van der Waals surface area contributed by atoms with Crippen molar-refractivity contribution in [3.8, 4) is 0 Å². The van der Waals surface area contributed by atoms with Gasteiger partial charge in [0.2, 0.25) is 5.91 Å². The number of methoxy groups -OCH3 is 1. The van der Waals surface area contributed by atoms with Gasteiger partial charge in [0.1, 0.15) is 0 Å². The van der Waals surface area contributed by atoms with Gasteiger partial charge >= 0.3 is 5.97 Å². The molecule has 2 aliphatic rings. The van der Waals surface area contributed by atoms with Crippen molar-refractivity contribution in [3.05, 3.63) is 23.3 Å². The van der Waals surface area contributed by atoms with Crippen LogP contribution in [-0.4, -0.2) is 32.1 Å². The van der Waals surface area contributed by atoms with Crippen molar-refractivity contribution in [1.82, 2.24) is 0 Å². The summed E-state index contributed by atoms with van der Waals surface area (Å²) >= 11 is 0. The highest BCUT2D eigenvalue weighted by Crippen LogP contribution is 2.35. The van der Waals surface area contributed by atoms with E-state index in [2.05, 4.69) is 22.2 Å². The molecule has 0 aromatic heterocycles. The fourth-order valence-electron chi connectivity index (χ4n) is 3.27. The van der Waals surface area contributed by atoms with Crippen molar-refractivity contribution in [2.75, 3.05) is 30.4 Å². The first-order chi connectivity index (χ1) is 10.7. The molecular weight excluding hydrogens is 280 g/mol. The topological polar surface area (TPSA) is 58.6 Å². The molecule has 0 spiro atoms. The second-order valence-corrected chi connectivity index (χ2v) is 5.92. The number of hydrogen-bond acceptors (Lipinski definition) is 4. The Bertz CT molecular complexity index is 598. The first-order valence-corrected chi connectivity index (χ1v) is 7.96. The zero-order chi connectivity index (χ0) is 15.5. The van der Waals surface area contributed by atoms with Crippen molar-refractivity contribution >= 4 is 23.3 Å². The first-order valence-electron chi connectivity index (χ1n) is 7.96. The van der Waals surface area contributed by atoms with Gasteiger partial charge in [-0.05, 0) is 55.4 Å². The van der Waals surface area contributed by atoms with Gasteiger partial charge in [0.05, 0.1) is 25.0 Å². The van der Waals surface area contributed by atoms with Crippen LogP contribution in [0.1, 0.15) is 36.8 Å². The Morgan fingerprint density at radius 2 is 2.00 bits per heavy atom. The minimum Gasteiger partial charge on any atom is -0.469 e. The third-order valence-corrected chi connectivity index (χ3v) is 4.47. The molecule has 1 aromatic rings. The molecule has 0 radical (unpaired) electrons. The van der Waals surface area contributed by atoms with E-state index >= 15 is 0 Å². The quantitative estimate of drug-likeness (QED) is 0.867. The number of carbonyl (C=O) groups is 2. The van der Waals surface area contributed by atoms with Crippen molar-refractivity contribution < 1.29 is 14.3 Å². The number of carbonyl (C=O) groups excluding carboxylic acids is 2. The lowest BCUT2D eigenvalue weighted by Crippen LogP contribution is -2.40. The minimum atomic E-state index is -0.228. The summed E-state index contributed by atoms with van der Waals surface area (Å²) in [7, 11) is 1.39. The number of esters is 1. The molecule has 118 valence electrons. The maximum atomic E-state index is 12.2. The van der Waals surface area contributed by atoms with Gasteiger partial charge in [0, 0.05) is 13.0 Å². The Kier molecular flexibility index (Phi) is 4.32. The molecule has 0 atom stereocenters. The van der Waals surface area contributed by atoms with Crippen LogP contribution in [0.25, 0.3) is 0 Å². The summed E-state index contributed by atoms with van der Waals surface area (Å²) in [5, 5.41) is 3.22. The third kappa shape index (κ3) is 2.93. The van der Waals surface area contributed by atoms with E-state index in [9.17, 15) is 9.59 Å². The zero-order valence-corrected chi connectivity index (χ0v) is 13.0. The summed E-state index contributed by atoms with van der Waals surface area (Å²) in [6, 6.07) is 4.36. The summed E-state index contributed by atoms with van der Waals surface area (Å²) in [4.78, 5) is 25.3. The van der Waals surface area contributed by atoms with Crippen molar-refractivity contribution in [3.63, 3.8) is 0 Å². The van der Waals surface area contributed by atoms with Crippen LogP contribution in [0.3, 0.4) is 0 Å². The molecule has 22 heavy (non-hydrogen) atoms. The summed E-state index contributed by atoms with van der Waals surface area (Å²) in [6.07, 6.45) is 5.64. The summed E-state index contributed by atoms with van der Waals surface area (Å²) in [6.45, 7) is 0.880. The summed E-state index contributed by atoms with van der Waals surface area (Å²) in [5.41, 5.74) is 4.76. The van der Waals surface area contributed by atoms with Gasteiger partial charge < -0.3 is 15.0 Å². The van der Waals surface area contributed by atoms with Crippen LogP contribution in [0.2, 0.25) is 0 Å². The summed E-state index contributed by atoms with van der Waals surface area (Å²) < 4.78 is 4.66. The Balaban J connectivity index is 1.80. The molecule has 3 rings (SSSR count). The van der Waals surface area contributed by atoms with E-state index in [0.29, 0.717) is 25.9 Å². The smallest absolute Gasteiger partial charge is 0.305 e. The Hall–Kier alpha value is -2.04. The van der Waals surface area contributed by atoms with Gasteiger partial charge in [0.15, 0.2) is 0 Å². The predicted molar refractivity (Wildman–Crippen MR) is 85.2 cm³/mol. The maximum absolute atomic E-state index is 12.2. The standard InChI is InChI=1S/C17H22N2O3/c1-22-17(21)7-4-8-19-15-10-13-6-3-2-5-12(13)9-14(15)18-11-16(19)20/h9-10,18H,2-8,11H2,1H3. The molecule has 0 saturated carbocycles. The van der Waals surface area contributed by atoms with Crippen LogP contribution in [0.5, 0.6) is 0 Å². The van der Waals surface area contributed by atoms with E-state index in [1.165, 1.54) is 31.1 Å². The number of fused-ring (bicyclic) bond motifs is 2. The van der Waals surface area contributed by atoms with E-state index in [4.69, 9.17) is 0 Å². The molecule has 1 aliphatic heterocycles. The Morgan fingerprint density at radius 1 is 1.27 bits per heavy atom. The average Bonchev–Trinajstić information content (AvgIpc) is 2.55. The number of aryl methyl sites for hydroxylation is 2. The third-order valence-electron chi connectivity index (χ3n) is 4.47. The number of ether oxygens (including phenoxy) is 1. The van der Waals surface area contributed by atoms with Crippen molar-refractivity contribution in [2.24, 2.45) is 0 Å². The van der Waals surface area contributed by atoms with Gasteiger partial charge in [-0.25, -0.2) is 0 Å². The van der Waals surface area contributed by atoms with Crippen LogP contribution in [0, 0.1) is 0 Å². The number of nitrogens with one attached hydrogen (secondary N) is 1.